The van der Waals surface area contributed by atoms with E-state index in [1.165, 1.54) is 4.68 Å². The number of nitrogens with zero attached hydrogens (tertiary/aromatic N) is 7. The summed E-state index contributed by atoms with van der Waals surface area (Å²) in [5, 5.41) is 21.2. The van der Waals surface area contributed by atoms with E-state index in [0.717, 1.165) is 37.5 Å². The van der Waals surface area contributed by atoms with Crippen molar-refractivity contribution in [3.8, 4) is 0 Å². The van der Waals surface area contributed by atoms with Crippen LogP contribution in [-0.4, -0.2) is 44.7 Å². The van der Waals surface area contributed by atoms with E-state index in [2.05, 4.69) is 30.5 Å². The molecule has 0 aromatic carbocycles. The number of fused-ring (bicyclic) bond motifs is 4. The van der Waals surface area contributed by atoms with Gasteiger partial charge >= 0.3 is 0 Å². The molecule has 6 aromatic heterocycles. The highest BCUT2D eigenvalue weighted by Gasteiger charge is 2.19. The molecular formula is C19H15N9OS. The molecule has 0 spiro atoms. The molecule has 0 saturated heterocycles. The standard InChI is InChI=1S/C19H15N9OS/c1-27-15-12(16-18(27)23-14(30-16)7-10-4-6-21-24-10)8-22-28(19(15)29)9-13-11-3-2-5-20-17(11)26-25-13/h2-6,8H,7,9H2,1H3,(H,21,24)(H,20,25,26). The molecule has 0 bridgehead atoms. The maximum atomic E-state index is 13.2. The first-order valence-electron chi connectivity index (χ1n) is 9.29. The summed E-state index contributed by atoms with van der Waals surface area (Å²) in [5.41, 5.74) is 3.63. The quantitative estimate of drug-likeness (QED) is 0.452. The van der Waals surface area contributed by atoms with Gasteiger partial charge in [0.1, 0.15) is 10.5 Å². The number of aromatic amines is 2. The zero-order valence-corrected chi connectivity index (χ0v) is 16.6. The van der Waals surface area contributed by atoms with E-state index >= 15 is 0 Å². The third-order valence-electron chi connectivity index (χ3n) is 5.19. The van der Waals surface area contributed by atoms with Gasteiger partial charge in [-0.2, -0.15) is 15.3 Å². The number of nitrogens with one attached hydrogen (secondary N) is 2. The molecule has 0 saturated carbocycles. The van der Waals surface area contributed by atoms with Crippen LogP contribution in [0, 0.1) is 0 Å². The van der Waals surface area contributed by atoms with Crippen molar-refractivity contribution >= 4 is 43.6 Å². The van der Waals surface area contributed by atoms with Gasteiger partial charge < -0.3 is 4.57 Å². The summed E-state index contributed by atoms with van der Waals surface area (Å²) >= 11 is 1.58. The van der Waals surface area contributed by atoms with Crippen LogP contribution in [0.2, 0.25) is 0 Å². The normalized spacial score (nSPS) is 11.9. The topological polar surface area (TPSA) is 123 Å². The SMILES string of the molecule is Cn1c2nc(Cc3ccn[nH]3)sc2c2cnn(Cc3[nH]nc4ncccc34)c(=O)c21. The van der Waals surface area contributed by atoms with Crippen molar-refractivity contribution in [2.24, 2.45) is 7.05 Å². The number of H-pyrrole nitrogens is 2. The lowest BCUT2D eigenvalue weighted by Gasteiger charge is -2.04. The molecule has 0 unspecified atom stereocenters. The zero-order chi connectivity index (χ0) is 20.2. The van der Waals surface area contributed by atoms with Gasteiger partial charge in [-0.15, -0.1) is 11.3 Å². The molecule has 0 amide bonds. The number of thiazole rings is 1. The number of rotatable bonds is 4. The summed E-state index contributed by atoms with van der Waals surface area (Å²) in [6, 6.07) is 5.70. The van der Waals surface area contributed by atoms with Crippen LogP contribution in [0.5, 0.6) is 0 Å². The summed E-state index contributed by atoms with van der Waals surface area (Å²) in [4.78, 5) is 22.2. The lowest BCUT2D eigenvalue weighted by Crippen LogP contribution is -2.24. The van der Waals surface area contributed by atoms with Crippen LogP contribution in [0.25, 0.3) is 32.3 Å². The number of aromatic nitrogens is 9. The summed E-state index contributed by atoms with van der Waals surface area (Å²) in [5.74, 6) is 0. The Labute approximate surface area is 172 Å². The Morgan fingerprint density at radius 1 is 1.17 bits per heavy atom. The maximum Gasteiger partial charge on any atom is 0.291 e. The smallest absolute Gasteiger partial charge is 0.291 e. The first-order chi connectivity index (χ1) is 14.7. The van der Waals surface area contributed by atoms with Crippen LogP contribution in [-0.2, 0) is 20.0 Å². The van der Waals surface area contributed by atoms with E-state index in [-0.39, 0.29) is 12.1 Å². The highest BCUT2D eigenvalue weighted by Crippen LogP contribution is 2.31. The Morgan fingerprint density at radius 3 is 2.97 bits per heavy atom. The van der Waals surface area contributed by atoms with Crippen LogP contribution >= 0.6 is 11.3 Å². The fourth-order valence-electron chi connectivity index (χ4n) is 3.74. The zero-order valence-electron chi connectivity index (χ0n) is 15.8. The minimum Gasteiger partial charge on any atom is -0.323 e. The van der Waals surface area contributed by atoms with Crippen molar-refractivity contribution < 1.29 is 0 Å². The first-order valence-corrected chi connectivity index (χ1v) is 10.1. The van der Waals surface area contributed by atoms with Crippen LogP contribution in [0.1, 0.15) is 16.4 Å². The van der Waals surface area contributed by atoms with Gasteiger partial charge in [0.05, 0.1) is 23.1 Å². The van der Waals surface area contributed by atoms with Crippen molar-refractivity contribution in [3.63, 3.8) is 0 Å². The molecule has 6 heterocycles. The van der Waals surface area contributed by atoms with Gasteiger partial charge in [0.25, 0.3) is 5.56 Å². The molecular weight excluding hydrogens is 402 g/mol. The number of hydrogen-bond acceptors (Lipinski definition) is 7. The average molecular weight is 417 g/mol. The van der Waals surface area contributed by atoms with Crippen LogP contribution < -0.4 is 5.56 Å². The molecule has 0 aliphatic heterocycles. The number of pyridine rings is 1. The van der Waals surface area contributed by atoms with E-state index < -0.39 is 0 Å². The van der Waals surface area contributed by atoms with Gasteiger partial charge in [-0.3, -0.25) is 15.0 Å². The van der Waals surface area contributed by atoms with Gasteiger partial charge in [0, 0.05) is 42.3 Å². The van der Waals surface area contributed by atoms with Gasteiger partial charge in [-0.1, -0.05) is 0 Å². The molecule has 0 radical (unpaired) electrons. The highest BCUT2D eigenvalue weighted by atomic mass is 32.1. The summed E-state index contributed by atoms with van der Waals surface area (Å²) in [6.07, 6.45) is 5.83. The third-order valence-corrected chi connectivity index (χ3v) is 6.26. The molecule has 30 heavy (non-hydrogen) atoms. The molecule has 148 valence electrons. The monoisotopic (exact) mass is 417 g/mol. The Hall–Kier alpha value is -3.86. The molecule has 10 nitrogen and oxygen atoms in total. The Morgan fingerprint density at radius 2 is 2.10 bits per heavy atom. The second kappa shape index (κ2) is 6.32. The second-order valence-electron chi connectivity index (χ2n) is 7.02. The van der Waals surface area contributed by atoms with Crippen LogP contribution in [0.4, 0.5) is 0 Å². The molecule has 11 heteroatoms. The fourth-order valence-corrected chi connectivity index (χ4v) is 4.87. The minimum absolute atomic E-state index is 0.165. The second-order valence-corrected chi connectivity index (χ2v) is 8.11. The molecule has 2 N–H and O–H groups in total. The molecule has 0 atom stereocenters. The summed E-state index contributed by atoms with van der Waals surface area (Å²) < 4.78 is 4.26. The minimum atomic E-state index is -0.165. The Kier molecular flexibility index (Phi) is 3.59. The molecule has 0 aliphatic carbocycles. The highest BCUT2D eigenvalue weighted by molar-refractivity contribution is 7.19. The van der Waals surface area contributed by atoms with Crippen molar-refractivity contribution in [2.45, 2.75) is 13.0 Å². The lowest BCUT2D eigenvalue weighted by molar-refractivity contribution is 0.633. The van der Waals surface area contributed by atoms with Crippen molar-refractivity contribution in [1.82, 2.24) is 44.7 Å². The van der Waals surface area contributed by atoms with Gasteiger partial charge in [-0.05, 0) is 18.2 Å². The van der Waals surface area contributed by atoms with E-state index in [4.69, 9.17) is 4.98 Å². The van der Waals surface area contributed by atoms with Gasteiger partial charge in [0.15, 0.2) is 11.3 Å². The van der Waals surface area contributed by atoms with E-state index in [0.29, 0.717) is 17.6 Å². The Bertz CT molecular complexity index is 1590. The molecule has 6 aromatic rings. The molecule has 6 rings (SSSR count). The number of hydrogen-bond donors (Lipinski definition) is 2. The lowest BCUT2D eigenvalue weighted by atomic mass is 10.2. The van der Waals surface area contributed by atoms with Gasteiger partial charge in [0.2, 0.25) is 0 Å². The summed E-state index contributed by atoms with van der Waals surface area (Å²) in [7, 11) is 1.87. The van der Waals surface area contributed by atoms with E-state index in [9.17, 15) is 4.79 Å². The predicted octanol–water partition coefficient (Wildman–Crippen LogP) is 1.98. The number of aryl methyl sites for hydroxylation is 1. The molecule has 0 fully saturated rings. The maximum absolute atomic E-state index is 13.2. The van der Waals surface area contributed by atoms with Crippen molar-refractivity contribution in [1.29, 1.82) is 0 Å². The first kappa shape index (κ1) is 17.0. The van der Waals surface area contributed by atoms with Crippen LogP contribution in [0.15, 0.2) is 41.6 Å². The summed E-state index contributed by atoms with van der Waals surface area (Å²) in [6.45, 7) is 0.286. The van der Waals surface area contributed by atoms with E-state index in [1.807, 2.05) is 29.8 Å². The largest absolute Gasteiger partial charge is 0.323 e. The predicted molar refractivity (Wildman–Crippen MR) is 113 cm³/mol. The Balaban J connectivity index is 1.44. The average Bonchev–Trinajstić information content (AvgIpc) is 3.52. The van der Waals surface area contributed by atoms with Crippen LogP contribution in [0.3, 0.4) is 0 Å². The van der Waals surface area contributed by atoms with Crippen molar-refractivity contribution in [3.05, 3.63) is 63.5 Å². The third kappa shape index (κ3) is 2.48. The van der Waals surface area contributed by atoms with Crippen molar-refractivity contribution in [2.75, 3.05) is 0 Å². The molecule has 0 aliphatic rings. The fraction of sp³-hybridized carbons (Fsp3) is 0.158. The van der Waals surface area contributed by atoms with Gasteiger partial charge in [-0.25, -0.2) is 14.6 Å². The van der Waals surface area contributed by atoms with E-state index in [1.54, 1.807) is 29.9 Å².